The number of aliphatic hydroxyl groups excluding tert-OH is 1. The van der Waals surface area contributed by atoms with E-state index in [0.29, 0.717) is 6.42 Å². The average Bonchev–Trinajstić information content (AvgIpc) is 3.35. The van der Waals surface area contributed by atoms with Crippen molar-refractivity contribution in [1.82, 2.24) is 4.98 Å². The molecule has 0 spiro atoms. The zero-order valence-corrected chi connectivity index (χ0v) is 22.7. The fraction of sp³-hybridized carbons (Fsp3) is 0.633. The molecule has 1 saturated heterocycles. The number of carbonyl (C=O) groups excluding carboxylic acids is 2. The van der Waals surface area contributed by atoms with Crippen molar-refractivity contribution < 1.29 is 24.2 Å². The second kappa shape index (κ2) is 9.15. The van der Waals surface area contributed by atoms with Crippen LogP contribution >= 0.6 is 11.8 Å². The van der Waals surface area contributed by atoms with E-state index in [4.69, 9.17) is 9.47 Å². The zero-order chi connectivity index (χ0) is 26.0. The van der Waals surface area contributed by atoms with Crippen LogP contribution in [0.2, 0.25) is 0 Å². The van der Waals surface area contributed by atoms with Gasteiger partial charge in [0.05, 0.1) is 23.0 Å². The highest BCUT2D eigenvalue weighted by atomic mass is 32.2. The molecule has 0 aromatic carbocycles. The third kappa shape index (κ3) is 3.68. The number of pyridine rings is 1. The van der Waals surface area contributed by atoms with Crippen molar-refractivity contribution >= 4 is 23.3 Å². The Balaban J connectivity index is 1.35. The summed E-state index contributed by atoms with van der Waals surface area (Å²) < 4.78 is 13.2. The topological polar surface area (TPSA) is 85.7 Å². The number of rotatable bonds is 6. The number of aliphatic hydroxyl groups is 1. The first kappa shape index (κ1) is 25.5. The van der Waals surface area contributed by atoms with Gasteiger partial charge in [-0.25, -0.2) is 4.98 Å². The molecule has 7 heteroatoms. The molecule has 1 aromatic rings. The van der Waals surface area contributed by atoms with Crippen molar-refractivity contribution in [3.63, 3.8) is 0 Å². The largest absolute Gasteiger partial charge is 0.393 e. The lowest BCUT2D eigenvalue weighted by molar-refractivity contribution is -0.197. The van der Waals surface area contributed by atoms with Gasteiger partial charge < -0.3 is 14.6 Å². The van der Waals surface area contributed by atoms with E-state index in [1.807, 2.05) is 24.3 Å². The van der Waals surface area contributed by atoms with Gasteiger partial charge in [-0.1, -0.05) is 56.7 Å². The minimum atomic E-state index is -1.07. The van der Waals surface area contributed by atoms with Crippen molar-refractivity contribution in [2.24, 2.45) is 28.6 Å². The molecule has 0 amide bonds. The van der Waals surface area contributed by atoms with Crippen molar-refractivity contribution in [1.29, 1.82) is 0 Å². The molecule has 5 aliphatic rings. The number of ether oxygens (including phenoxy) is 2. The molecule has 9 atom stereocenters. The van der Waals surface area contributed by atoms with Crippen LogP contribution in [0.4, 0.5) is 0 Å². The fourth-order valence-corrected chi connectivity index (χ4v) is 9.49. The Kier molecular flexibility index (Phi) is 6.30. The lowest BCUT2D eigenvalue weighted by Crippen LogP contribution is -2.63. The molecular formula is C30H37NO5S. The van der Waals surface area contributed by atoms with Gasteiger partial charge >= 0.3 is 0 Å². The van der Waals surface area contributed by atoms with Crippen LogP contribution < -0.4 is 0 Å². The predicted octanol–water partition coefficient (Wildman–Crippen LogP) is 4.91. The maximum atomic E-state index is 14.2. The van der Waals surface area contributed by atoms with E-state index < -0.39 is 23.4 Å². The van der Waals surface area contributed by atoms with Crippen molar-refractivity contribution in [2.45, 2.75) is 88.4 Å². The number of Topliss-reactive ketones (excluding diaryl/α,β-unsaturated/α-hetero) is 1. The predicted molar refractivity (Wildman–Crippen MR) is 141 cm³/mol. The minimum Gasteiger partial charge on any atom is -0.393 e. The third-order valence-electron chi connectivity index (χ3n) is 10.2. The molecule has 1 N–H and O–H groups in total. The van der Waals surface area contributed by atoms with Crippen LogP contribution in [0.5, 0.6) is 0 Å². The number of hydrogen-bond acceptors (Lipinski definition) is 7. The number of aromatic nitrogens is 1. The molecule has 1 aromatic heterocycles. The van der Waals surface area contributed by atoms with E-state index >= 15 is 0 Å². The summed E-state index contributed by atoms with van der Waals surface area (Å²) in [6.07, 6.45) is 10.6. The van der Waals surface area contributed by atoms with Crippen LogP contribution in [0.1, 0.15) is 59.3 Å². The lowest BCUT2D eigenvalue weighted by atomic mass is 9.46. The molecule has 0 bridgehead atoms. The van der Waals surface area contributed by atoms with Crippen LogP contribution in [0.15, 0.2) is 53.2 Å². The van der Waals surface area contributed by atoms with Gasteiger partial charge in [0.2, 0.25) is 0 Å². The smallest absolute Gasteiger partial charge is 0.178 e. The number of ketones is 2. The fourth-order valence-electron chi connectivity index (χ4n) is 8.68. The Hall–Kier alpha value is -1.80. The summed E-state index contributed by atoms with van der Waals surface area (Å²) in [5, 5.41) is 12.6. The van der Waals surface area contributed by atoms with E-state index in [1.54, 1.807) is 18.3 Å². The van der Waals surface area contributed by atoms with E-state index in [1.165, 1.54) is 11.8 Å². The van der Waals surface area contributed by atoms with E-state index in [0.717, 1.165) is 42.7 Å². The number of thioether (sulfide) groups is 1. The Bertz CT molecular complexity index is 1150. The highest BCUT2D eigenvalue weighted by Crippen LogP contribution is 2.69. The molecular weight excluding hydrogens is 486 g/mol. The summed E-state index contributed by atoms with van der Waals surface area (Å²) in [7, 11) is 0. The number of fused-ring (bicyclic) bond motifs is 7. The van der Waals surface area contributed by atoms with Gasteiger partial charge in [0, 0.05) is 22.9 Å². The summed E-state index contributed by atoms with van der Waals surface area (Å²) in [6, 6.07) is 5.72. The minimum absolute atomic E-state index is 0.00948. The Morgan fingerprint density at radius 3 is 2.89 bits per heavy atom. The molecule has 5 unspecified atom stereocenters. The molecule has 1 aliphatic heterocycles. The first-order valence-corrected chi connectivity index (χ1v) is 14.7. The van der Waals surface area contributed by atoms with Crippen LogP contribution in [-0.4, -0.2) is 51.5 Å². The lowest BCUT2D eigenvalue weighted by Gasteiger charge is -2.59. The molecule has 6 rings (SSSR count). The molecule has 4 fully saturated rings. The number of hydrogen-bond donors (Lipinski definition) is 1. The molecule has 198 valence electrons. The first-order chi connectivity index (χ1) is 17.7. The van der Waals surface area contributed by atoms with E-state index in [9.17, 15) is 14.7 Å². The molecule has 37 heavy (non-hydrogen) atoms. The van der Waals surface area contributed by atoms with Gasteiger partial charge in [0.25, 0.3) is 0 Å². The van der Waals surface area contributed by atoms with E-state index in [-0.39, 0.29) is 46.6 Å². The number of nitrogens with zero attached hydrogens (tertiary/aromatic N) is 1. The van der Waals surface area contributed by atoms with Crippen LogP contribution in [0.3, 0.4) is 0 Å². The summed E-state index contributed by atoms with van der Waals surface area (Å²) >= 11 is 1.44. The summed E-state index contributed by atoms with van der Waals surface area (Å²) in [4.78, 5) is 30.7. The molecule has 0 radical (unpaired) electrons. The molecule has 3 saturated carbocycles. The monoisotopic (exact) mass is 523 g/mol. The summed E-state index contributed by atoms with van der Waals surface area (Å²) in [5.41, 5.74) is -0.807. The van der Waals surface area contributed by atoms with E-state index in [2.05, 4.69) is 25.8 Å². The third-order valence-corrected chi connectivity index (χ3v) is 11.2. The standard InChI is InChI=1S/C30H37NO5S/c1-4-7-26-35-24-15-21-20-10-9-18-14-19(32)11-12-28(18,2)27(20)22(33)16-29(21,3)30(24,36-26)23(34)17-37-25-8-5-6-13-31-25/h5-6,8,11-14,20-22,24,26-27,33H,4,7,9-10,15-17H2,1-3H3/t20?,21?,22-,24+,26+,27?,28?,29?,30+/m0/s1. The quantitative estimate of drug-likeness (QED) is 0.530. The van der Waals surface area contributed by atoms with Gasteiger partial charge in [0.1, 0.15) is 0 Å². The number of carbonyl (C=O) groups is 2. The Morgan fingerprint density at radius 2 is 2.14 bits per heavy atom. The van der Waals surface area contributed by atoms with Gasteiger partial charge in [-0.15, -0.1) is 0 Å². The summed E-state index contributed by atoms with van der Waals surface area (Å²) in [5.74, 6) is 0.780. The van der Waals surface area contributed by atoms with Gasteiger partial charge in [-0.05, 0) is 68.2 Å². The molecule has 2 heterocycles. The number of allylic oxidation sites excluding steroid dienone is 4. The maximum Gasteiger partial charge on any atom is 0.178 e. The normalized spacial score (nSPS) is 44.0. The zero-order valence-electron chi connectivity index (χ0n) is 21.9. The Morgan fingerprint density at radius 1 is 1.30 bits per heavy atom. The highest BCUT2D eigenvalue weighted by Gasteiger charge is 2.75. The van der Waals surface area contributed by atoms with Crippen molar-refractivity contribution in [3.8, 4) is 0 Å². The van der Waals surface area contributed by atoms with Crippen LogP contribution in [0, 0.1) is 28.6 Å². The summed E-state index contributed by atoms with van der Waals surface area (Å²) in [6.45, 7) is 6.45. The van der Waals surface area contributed by atoms with Gasteiger partial charge in [0.15, 0.2) is 23.5 Å². The van der Waals surface area contributed by atoms with Crippen molar-refractivity contribution in [3.05, 3.63) is 48.2 Å². The van der Waals surface area contributed by atoms with Gasteiger partial charge in [-0.2, -0.15) is 0 Å². The van der Waals surface area contributed by atoms with Crippen LogP contribution in [0.25, 0.3) is 0 Å². The maximum absolute atomic E-state index is 14.2. The van der Waals surface area contributed by atoms with Crippen molar-refractivity contribution in [2.75, 3.05) is 5.75 Å². The highest BCUT2D eigenvalue weighted by molar-refractivity contribution is 7.99. The first-order valence-electron chi connectivity index (χ1n) is 13.8. The average molecular weight is 524 g/mol. The SMILES string of the molecule is CCC[C@@H]1O[C@@H]2CC3C4CCC5=CC(=O)C=CC5(C)C4[C@@H](O)CC3(C)[C@]2(C(=O)CSc2ccccn2)O1. The Labute approximate surface area is 223 Å². The van der Waals surface area contributed by atoms with Crippen LogP contribution in [-0.2, 0) is 19.1 Å². The molecule has 4 aliphatic carbocycles. The molecule has 6 nitrogen and oxygen atoms in total. The van der Waals surface area contributed by atoms with Gasteiger partial charge in [-0.3, -0.25) is 9.59 Å². The second-order valence-electron chi connectivity index (χ2n) is 12.0. The second-order valence-corrected chi connectivity index (χ2v) is 13.0.